The molecule has 2 heterocycles. The molecule has 1 saturated carbocycles. The molecule has 2 aliphatic heterocycles. The third-order valence-corrected chi connectivity index (χ3v) is 10.2. The van der Waals surface area contributed by atoms with E-state index in [2.05, 4.69) is 28.9 Å². The quantitative estimate of drug-likeness (QED) is 0.447. The average molecular weight is 535 g/mol. The Kier molecular flexibility index (Phi) is 6.38. The molecule has 1 unspecified atom stereocenters. The van der Waals surface area contributed by atoms with Gasteiger partial charge in [0.25, 0.3) is 0 Å². The van der Waals surface area contributed by atoms with Crippen molar-refractivity contribution in [2.75, 3.05) is 44.8 Å². The van der Waals surface area contributed by atoms with Crippen LogP contribution in [0.2, 0.25) is 0 Å². The molecule has 208 valence electrons. The van der Waals surface area contributed by atoms with Gasteiger partial charge in [0.15, 0.2) is 5.76 Å². The van der Waals surface area contributed by atoms with Crippen molar-refractivity contribution in [2.24, 2.45) is 16.7 Å². The number of benzene rings is 1. The smallest absolute Gasteiger partial charge is 0.340 e. The highest BCUT2D eigenvalue weighted by atomic mass is 16.6. The van der Waals surface area contributed by atoms with Crippen molar-refractivity contribution in [1.82, 2.24) is 4.90 Å². The molecular weight excluding hydrogens is 496 g/mol. The fourth-order valence-corrected chi connectivity index (χ4v) is 7.82. The number of fused-ring (bicyclic) bond motifs is 4. The number of ether oxygens (including phenoxy) is 2. The van der Waals surface area contributed by atoms with E-state index in [1.165, 1.54) is 0 Å². The van der Waals surface area contributed by atoms with E-state index >= 15 is 0 Å². The molecule has 3 fully saturated rings. The van der Waals surface area contributed by atoms with Gasteiger partial charge in [0.2, 0.25) is 5.78 Å². The highest BCUT2D eigenvalue weighted by molar-refractivity contribution is 6.12. The van der Waals surface area contributed by atoms with Gasteiger partial charge in [0.05, 0.1) is 23.7 Å². The molecule has 3 aliphatic carbocycles. The molecule has 0 amide bonds. The molecule has 5 atom stereocenters. The molecule has 8 heteroatoms. The van der Waals surface area contributed by atoms with Crippen LogP contribution >= 0.6 is 0 Å². The number of aliphatic hydroxyl groups is 2. The minimum Gasteiger partial charge on any atom is -0.504 e. The monoisotopic (exact) mass is 534 g/mol. The Morgan fingerprint density at radius 1 is 1.10 bits per heavy atom. The Balaban J connectivity index is 1.38. The number of aliphatic hydroxyl groups excluding tert-OH is 2. The maximum atomic E-state index is 13.9. The van der Waals surface area contributed by atoms with Crippen LogP contribution in [0.4, 0.5) is 5.69 Å². The van der Waals surface area contributed by atoms with E-state index in [9.17, 15) is 19.8 Å². The Bertz CT molecular complexity index is 1280. The van der Waals surface area contributed by atoms with E-state index < -0.39 is 34.8 Å². The molecule has 39 heavy (non-hydrogen) atoms. The standard InChI is InChI=1S/C31H38N2O6/c1-30-12-11-22-25(21(30)9-10-23(30)34)27(35)28(36)26-20(29(37)39-24(18-38-3)31(22,26)2)17-32-13-15-33(16-14-32)19-7-5-4-6-8-19/h4-8,17,21,23-24,34,36H,9-16,18H2,1-3H3/b20-17+/t21?,23-,24+,30-,31-/m0/s1. The maximum Gasteiger partial charge on any atom is 0.340 e. The van der Waals surface area contributed by atoms with Gasteiger partial charge in [-0.25, -0.2) is 4.79 Å². The predicted molar refractivity (Wildman–Crippen MR) is 146 cm³/mol. The lowest BCUT2D eigenvalue weighted by Crippen LogP contribution is -2.54. The first-order valence-electron chi connectivity index (χ1n) is 14.1. The van der Waals surface area contributed by atoms with Crippen LogP contribution in [0.3, 0.4) is 0 Å². The number of rotatable bonds is 4. The maximum absolute atomic E-state index is 13.9. The molecular formula is C31H38N2O6. The summed E-state index contributed by atoms with van der Waals surface area (Å²) in [5.74, 6) is -1.46. The average Bonchev–Trinajstić information content (AvgIpc) is 3.25. The molecule has 0 bridgehead atoms. The van der Waals surface area contributed by atoms with Crippen molar-refractivity contribution in [3.63, 3.8) is 0 Å². The molecule has 0 radical (unpaired) electrons. The Labute approximate surface area is 229 Å². The van der Waals surface area contributed by atoms with Gasteiger partial charge in [0.1, 0.15) is 6.10 Å². The SMILES string of the molecule is COC[C@H]1OC(=O)/C(=C/N2CCN(c3ccccc3)CC2)C2=C(O)C(=O)C3=C(CC[C@@]4(C)C3CC[C@@H]4O)[C@]21C. The summed E-state index contributed by atoms with van der Waals surface area (Å²) in [7, 11) is 1.56. The number of anilines is 1. The zero-order chi connectivity index (χ0) is 27.5. The van der Waals surface area contributed by atoms with E-state index in [0.717, 1.165) is 30.8 Å². The largest absolute Gasteiger partial charge is 0.504 e. The van der Waals surface area contributed by atoms with Crippen LogP contribution in [0.15, 0.2) is 64.6 Å². The van der Waals surface area contributed by atoms with Crippen molar-refractivity contribution < 1.29 is 29.3 Å². The molecule has 1 aromatic rings. The number of carbonyl (C=O) groups excluding carboxylic acids is 2. The first-order chi connectivity index (χ1) is 18.7. The van der Waals surface area contributed by atoms with Gasteiger partial charge in [-0.2, -0.15) is 0 Å². The second kappa shape index (κ2) is 9.52. The van der Waals surface area contributed by atoms with Gasteiger partial charge in [-0.05, 0) is 56.2 Å². The second-order valence-corrected chi connectivity index (χ2v) is 12.0. The van der Waals surface area contributed by atoms with Crippen LogP contribution in [0, 0.1) is 16.7 Å². The van der Waals surface area contributed by atoms with E-state index in [0.29, 0.717) is 43.5 Å². The molecule has 5 aliphatic rings. The first-order valence-corrected chi connectivity index (χ1v) is 14.1. The molecule has 8 nitrogen and oxygen atoms in total. The van der Waals surface area contributed by atoms with Crippen LogP contribution in [-0.4, -0.2) is 79.0 Å². The van der Waals surface area contributed by atoms with Crippen LogP contribution in [0.25, 0.3) is 0 Å². The normalized spacial score (nSPS) is 35.7. The van der Waals surface area contributed by atoms with Gasteiger partial charge in [-0.15, -0.1) is 0 Å². The molecule has 6 rings (SSSR count). The van der Waals surface area contributed by atoms with Crippen molar-refractivity contribution in [3.05, 3.63) is 64.6 Å². The molecule has 0 spiro atoms. The lowest BCUT2D eigenvalue weighted by atomic mass is 9.54. The van der Waals surface area contributed by atoms with E-state index in [1.54, 1.807) is 13.3 Å². The number of carbonyl (C=O) groups is 2. The lowest BCUT2D eigenvalue weighted by molar-refractivity contribution is -0.156. The molecule has 1 aromatic carbocycles. The summed E-state index contributed by atoms with van der Waals surface area (Å²) >= 11 is 0. The second-order valence-electron chi connectivity index (χ2n) is 12.0. The third kappa shape index (κ3) is 3.86. The zero-order valence-electron chi connectivity index (χ0n) is 23.0. The number of hydrogen-bond acceptors (Lipinski definition) is 8. The van der Waals surface area contributed by atoms with Crippen molar-refractivity contribution >= 4 is 17.4 Å². The summed E-state index contributed by atoms with van der Waals surface area (Å²) in [4.78, 5) is 31.7. The third-order valence-electron chi connectivity index (χ3n) is 10.2. The zero-order valence-corrected chi connectivity index (χ0v) is 23.0. The summed E-state index contributed by atoms with van der Waals surface area (Å²) in [6.45, 7) is 7.14. The minimum absolute atomic E-state index is 0.136. The van der Waals surface area contributed by atoms with E-state index in [1.807, 2.05) is 25.1 Å². The van der Waals surface area contributed by atoms with E-state index in [4.69, 9.17) is 9.47 Å². The van der Waals surface area contributed by atoms with Crippen LogP contribution in [0.1, 0.15) is 39.5 Å². The number of hydrogen-bond donors (Lipinski definition) is 2. The molecule has 2 N–H and O–H groups in total. The number of esters is 1. The highest BCUT2D eigenvalue weighted by Crippen LogP contribution is 2.62. The Morgan fingerprint density at radius 2 is 1.82 bits per heavy atom. The number of Topliss-reactive ketones (excluding diaryl/α,β-unsaturated/α-hetero) is 1. The van der Waals surface area contributed by atoms with Gasteiger partial charge in [-0.1, -0.05) is 25.1 Å². The van der Waals surface area contributed by atoms with E-state index in [-0.39, 0.29) is 23.9 Å². The van der Waals surface area contributed by atoms with Crippen LogP contribution < -0.4 is 4.90 Å². The van der Waals surface area contributed by atoms with Crippen molar-refractivity contribution in [3.8, 4) is 0 Å². The lowest BCUT2D eigenvalue weighted by Gasteiger charge is -2.52. The predicted octanol–water partition coefficient (Wildman–Crippen LogP) is 3.53. The van der Waals surface area contributed by atoms with Crippen LogP contribution in [0.5, 0.6) is 0 Å². The number of para-hydroxylation sites is 1. The fourth-order valence-electron chi connectivity index (χ4n) is 7.82. The van der Waals surface area contributed by atoms with Crippen LogP contribution in [-0.2, 0) is 19.1 Å². The highest BCUT2D eigenvalue weighted by Gasteiger charge is 2.61. The number of methoxy groups -OCH3 is 1. The van der Waals surface area contributed by atoms with Gasteiger partial charge < -0.3 is 29.5 Å². The number of piperazine rings is 1. The van der Waals surface area contributed by atoms with Gasteiger partial charge in [-0.3, -0.25) is 4.79 Å². The number of cyclic esters (lactones) is 1. The molecule has 0 aromatic heterocycles. The minimum atomic E-state index is -0.899. The summed E-state index contributed by atoms with van der Waals surface area (Å²) in [5, 5.41) is 22.4. The number of ketones is 1. The first kappa shape index (κ1) is 26.1. The summed E-state index contributed by atoms with van der Waals surface area (Å²) in [5.41, 5.74) is 2.00. The fraction of sp³-hybridized carbons (Fsp3) is 0.548. The van der Waals surface area contributed by atoms with Crippen molar-refractivity contribution in [1.29, 1.82) is 0 Å². The van der Waals surface area contributed by atoms with Gasteiger partial charge in [0, 0.05) is 61.7 Å². The number of nitrogens with zero attached hydrogens (tertiary/aromatic N) is 2. The summed E-state index contributed by atoms with van der Waals surface area (Å²) < 4.78 is 11.5. The van der Waals surface area contributed by atoms with Gasteiger partial charge >= 0.3 is 5.97 Å². The summed E-state index contributed by atoms with van der Waals surface area (Å²) in [6.07, 6.45) is 3.30. The Morgan fingerprint density at radius 3 is 2.51 bits per heavy atom. The topological polar surface area (TPSA) is 99.5 Å². The van der Waals surface area contributed by atoms with Crippen molar-refractivity contribution in [2.45, 2.75) is 51.7 Å². The number of allylic oxidation sites excluding steroid dienone is 1. The summed E-state index contributed by atoms with van der Waals surface area (Å²) in [6, 6.07) is 10.2. The molecule has 2 saturated heterocycles. The Hall–Kier alpha value is -3.10.